The Morgan fingerprint density at radius 2 is 1.26 bits per heavy atom. The molecular formula is C10H11NO6S2. The zero-order chi connectivity index (χ0) is 14.5. The summed E-state index contributed by atoms with van der Waals surface area (Å²) in [6.07, 6.45) is 0.170. The predicted molar refractivity (Wildman–Crippen MR) is 68.6 cm³/mol. The summed E-state index contributed by atoms with van der Waals surface area (Å²) in [4.78, 5) is 20.7. The minimum absolute atomic E-state index is 0.0850. The highest BCUT2D eigenvalue weighted by atomic mass is 32.3. The lowest BCUT2D eigenvalue weighted by Crippen LogP contribution is -2.40. The molecule has 7 nitrogen and oxygen atoms in total. The Bertz CT molecular complexity index is 611. The van der Waals surface area contributed by atoms with Gasteiger partial charge in [-0.05, 0) is 12.1 Å². The molecule has 0 amide bonds. The summed E-state index contributed by atoms with van der Waals surface area (Å²) < 4.78 is 47.5. The van der Waals surface area contributed by atoms with Gasteiger partial charge in [0.1, 0.15) is 24.1 Å². The Labute approximate surface area is 110 Å². The predicted octanol–water partition coefficient (Wildman–Crippen LogP) is -0.450. The molecule has 0 aromatic heterocycles. The van der Waals surface area contributed by atoms with E-state index in [0.29, 0.717) is 0 Å². The van der Waals surface area contributed by atoms with Crippen LogP contribution < -0.4 is 3.71 Å². The van der Waals surface area contributed by atoms with Crippen molar-refractivity contribution >= 4 is 38.3 Å². The Balaban J connectivity index is 3.44. The number of anilines is 1. The van der Waals surface area contributed by atoms with Gasteiger partial charge in [-0.2, -0.15) is 3.71 Å². The van der Waals surface area contributed by atoms with Gasteiger partial charge < -0.3 is 9.59 Å². The Kier molecular flexibility index (Phi) is 4.78. The summed E-state index contributed by atoms with van der Waals surface area (Å²) in [6, 6.07) is 6.96. The van der Waals surface area contributed by atoms with E-state index in [1.165, 1.54) is 24.3 Å². The van der Waals surface area contributed by atoms with Gasteiger partial charge in [-0.25, -0.2) is 16.8 Å². The van der Waals surface area contributed by atoms with Crippen LogP contribution in [0.3, 0.4) is 0 Å². The number of carbonyl (C=O) groups excluding carboxylic acids is 2. The van der Waals surface area contributed by atoms with Gasteiger partial charge in [0.05, 0.1) is 5.69 Å². The van der Waals surface area contributed by atoms with Gasteiger partial charge in [-0.15, -0.1) is 0 Å². The second kappa shape index (κ2) is 5.93. The van der Waals surface area contributed by atoms with Crippen molar-refractivity contribution in [1.29, 1.82) is 0 Å². The van der Waals surface area contributed by atoms with Crippen molar-refractivity contribution in [3.63, 3.8) is 0 Å². The van der Waals surface area contributed by atoms with Crippen LogP contribution in [0.4, 0.5) is 5.69 Å². The molecule has 1 aromatic rings. The molecule has 9 heteroatoms. The Morgan fingerprint density at radius 3 is 1.63 bits per heavy atom. The first-order valence-electron chi connectivity index (χ1n) is 5.03. The highest BCUT2D eigenvalue weighted by molar-refractivity contribution is 8.10. The first-order valence-corrected chi connectivity index (χ1v) is 8.25. The van der Waals surface area contributed by atoms with Gasteiger partial charge in [0.25, 0.3) is 20.0 Å². The lowest BCUT2D eigenvalue weighted by atomic mass is 10.3. The summed E-state index contributed by atoms with van der Waals surface area (Å²) in [7, 11) is -8.77. The van der Waals surface area contributed by atoms with E-state index in [1.54, 1.807) is 6.07 Å². The lowest BCUT2D eigenvalue weighted by molar-refractivity contribution is -0.106. The van der Waals surface area contributed by atoms with Gasteiger partial charge in [0.15, 0.2) is 0 Å². The summed E-state index contributed by atoms with van der Waals surface area (Å²) in [6.45, 7) is 0. The number of rotatable bonds is 7. The summed E-state index contributed by atoms with van der Waals surface area (Å²) >= 11 is 0. The minimum Gasteiger partial charge on any atom is -0.302 e. The molecule has 1 rings (SSSR count). The molecule has 0 aliphatic heterocycles. The fourth-order valence-corrected chi connectivity index (χ4v) is 4.60. The number of sulfonamides is 2. The van der Waals surface area contributed by atoms with Gasteiger partial charge in [0, 0.05) is 0 Å². The fraction of sp³-hybridized carbons (Fsp3) is 0.200. The molecule has 0 bridgehead atoms. The molecule has 0 N–H and O–H groups in total. The Hall–Kier alpha value is -1.74. The third kappa shape index (κ3) is 3.61. The fourth-order valence-electron chi connectivity index (χ4n) is 1.35. The molecule has 104 valence electrons. The van der Waals surface area contributed by atoms with Crippen molar-refractivity contribution in [3.8, 4) is 0 Å². The first kappa shape index (κ1) is 15.3. The molecule has 0 aliphatic rings. The van der Waals surface area contributed by atoms with E-state index in [-0.39, 0.29) is 22.0 Å². The zero-order valence-electron chi connectivity index (χ0n) is 9.67. The van der Waals surface area contributed by atoms with E-state index in [1.807, 2.05) is 0 Å². The van der Waals surface area contributed by atoms with Crippen LogP contribution in [0, 0.1) is 0 Å². The number of hydrogen-bond donors (Lipinski definition) is 0. The maximum Gasteiger partial charge on any atom is 0.255 e. The smallest absolute Gasteiger partial charge is 0.255 e. The maximum atomic E-state index is 11.9. The monoisotopic (exact) mass is 305 g/mol. The second-order valence-electron chi connectivity index (χ2n) is 3.42. The third-order valence-electron chi connectivity index (χ3n) is 2.03. The highest BCUT2D eigenvalue weighted by Crippen LogP contribution is 2.21. The van der Waals surface area contributed by atoms with Gasteiger partial charge in [-0.3, -0.25) is 0 Å². The summed E-state index contributed by atoms with van der Waals surface area (Å²) in [5.41, 5.74) is -0.147. The van der Waals surface area contributed by atoms with Crippen LogP contribution in [0.25, 0.3) is 0 Å². The number of benzene rings is 1. The van der Waals surface area contributed by atoms with Gasteiger partial charge >= 0.3 is 0 Å². The van der Waals surface area contributed by atoms with E-state index in [0.717, 1.165) is 0 Å². The molecule has 0 aliphatic carbocycles. The molecule has 0 saturated carbocycles. The van der Waals surface area contributed by atoms with Crippen LogP contribution in [-0.4, -0.2) is 40.9 Å². The molecule has 1 aromatic carbocycles. The van der Waals surface area contributed by atoms with Crippen molar-refractivity contribution in [3.05, 3.63) is 30.3 Å². The van der Waals surface area contributed by atoms with Crippen molar-refractivity contribution in [1.82, 2.24) is 0 Å². The summed E-state index contributed by atoms with van der Waals surface area (Å²) in [5, 5.41) is 0. The van der Waals surface area contributed by atoms with Crippen molar-refractivity contribution < 1.29 is 26.4 Å². The minimum atomic E-state index is -4.39. The molecule has 0 saturated heterocycles. The molecule has 0 atom stereocenters. The summed E-state index contributed by atoms with van der Waals surface area (Å²) in [5.74, 6) is -1.97. The van der Waals surface area contributed by atoms with E-state index in [2.05, 4.69) is 0 Å². The lowest BCUT2D eigenvalue weighted by Gasteiger charge is -2.21. The first-order chi connectivity index (χ1) is 8.85. The molecule has 0 radical (unpaired) electrons. The standard InChI is InChI=1S/C10H11NO6S2/c12-6-8-18(14,15)11(19(16,17)9-7-13)10-4-2-1-3-5-10/h1-7H,8-9H2. The SMILES string of the molecule is O=CCS(=O)(=O)N(c1ccccc1)S(=O)(=O)CC=O. The van der Waals surface area contributed by atoms with Crippen LogP contribution in [0.2, 0.25) is 0 Å². The van der Waals surface area contributed by atoms with E-state index in [9.17, 15) is 26.4 Å². The van der Waals surface area contributed by atoms with Crippen LogP contribution >= 0.6 is 0 Å². The number of hydrogen-bond acceptors (Lipinski definition) is 6. The number of para-hydroxylation sites is 1. The largest absolute Gasteiger partial charge is 0.302 e. The van der Waals surface area contributed by atoms with E-state index in [4.69, 9.17) is 0 Å². The Morgan fingerprint density at radius 1 is 0.842 bits per heavy atom. The van der Waals surface area contributed by atoms with Crippen molar-refractivity contribution in [2.24, 2.45) is 0 Å². The van der Waals surface area contributed by atoms with Crippen LogP contribution in [-0.2, 0) is 29.6 Å². The molecule has 0 fully saturated rings. The number of nitrogens with zero attached hydrogens (tertiary/aromatic N) is 1. The average Bonchev–Trinajstić information content (AvgIpc) is 2.29. The van der Waals surface area contributed by atoms with Crippen molar-refractivity contribution in [2.45, 2.75) is 0 Å². The van der Waals surface area contributed by atoms with Gasteiger partial charge in [-0.1, -0.05) is 18.2 Å². The highest BCUT2D eigenvalue weighted by Gasteiger charge is 2.33. The number of carbonyl (C=O) groups is 2. The van der Waals surface area contributed by atoms with Crippen LogP contribution in [0.1, 0.15) is 0 Å². The van der Waals surface area contributed by atoms with E-state index < -0.39 is 31.6 Å². The number of aldehydes is 2. The second-order valence-corrected chi connectivity index (χ2v) is 7.38. The molecule has 0 spiro atoms. The third-order valence-corrected chi connectivity index (χ3v) is 5.94. The maximum absolute atomic E-state index is 11.9. The molecule has 19 heavy (non-hydrogen) atoms. The quantitative estimate of drug-likeness (QED) is 0.632. The zero-order valence-corrected chi connectivity index (χ0v) is 11.3. The normalized spacial score (nSPS) is 11.8. The molecule has 0 unspecified atom stereocenters. The molecule has 0 heterocycles. The average molecular weight is 305 g/mol. The van der Waals surface area contributed by atoms with Crippen LogP contribution in [0.5, 0.6) is 0 Å². The van der Waals surface area contributed by atoms with Crippen LogP contribution in [0.15, 0.2) is 30.3 Å². The molecular weight excluding hydrogens is 294 g/mol. The van der Waals surface area contributed by atoms with Gasteiger partial charge in [0.2, 0.25) is 0 Å². The van der Waals surface area contributed by atoms with Crippen molar-refractivity contribution in [2.75, 3.05) is 15.2 Å². The van der Waals surface area contributed by atoms with E-state index >= 15 is 0 Å². The topological polar surface area (TPSA) is 106 Å².